The van der Waals surface area contributed by atoms with E-state index in [1.807, 2.05) is 26.1 Å². The minimum atomic E-state index is 0.764. The zero-order valence-corrected chi connectivity index (χ0v) is 6.68. The summed E-state index contributed by atoms with van der Waals surface area (Å²) in [4.78, 5) is 4.20. The molecular formula is C8H11N3. The maximum atomic E-state index is 6.99. The van der Waals surface area contributed by atoms with Crippen LogP contribution < -0.4 is 5.32 Å². The van der Waals surface area contributed by atoms with Crippen molar-refractivity contribution in [2.45, 2.75) is 13.8 Å². The van der Waals surface area contributed by atoms with E-state index < -0.39 is 0 Å². The Hall–Kier alpha value is -1.38. The highest BCUT2D eigenvalue weighted by Crippen LogP contribution is 2.04. The molecule has 1 aliphatic heterocycles. The van der Waals surface area contributed by atoms with Crippen LogP contribution in [0.3, 0.4) is 0 Å². The topological polar surface area (TPSA) is 48.2 Å². The molecule has 11 heavy (non-hydrogen) atoms. The first-order valence-electron chi connectivity index (χ1n) is 3.44. The summed E-state index contributed by atoms with van der Waals surface area (Å²) in [5.41, 5.74) is 1.80. The molecule has 0 fully saturated rings. The molecule has 0 aromatic heterocycles. The van der Waals surface area contributed by atoms with Gasteiger partial charge in [-0.25, -0.2) is 4.99 Å². The SMILES string of the molecule is CC1=N/C(=C(\C)C=N)NC=C1. The van der Waals surface area contributed by atoms with Crippen molar-refractivity contribution < 1.29 is 0 Å². The minimum absolute atomic E-state index is 0.764. The number of hydrogen-bond acceptors (Lipinski definition) is 3. The summed E-state index contributed by atoms with van der Waals surface area (Å²) < 4.78 is 0. The van der Waals surface area contributed by atoms with Gasteiger partial charge in [0, 0.05) is 23.7 Å². The molecule has 0 bridgehead atoms. The molecule has 1 heterocycles. The summed E-state index contributed by atoms with van der Waals surface area (Å²) in [6, 6.07) is 0. The Labute approximate surface area is 66.0 Å². The molecule has 0 saturated heterocycles. The molecule has 3 heteroatoms. The summed E-state index contributed by atoms with van der Waals surface area (Å²) in [7, 11) is 0. The van der Waals surface area contributed by atoms with Gasteiger partial charge >= 0.3 is 0 Å². The number of hydrogen-bond donors (Lipinski definition) is 2. The Morgan fingerprint density at radius 2 is 2.45 bits per heavy atom. The molecule has 0 amide bonds. The second-order valence-corrected chi connectivity index (χ2v) is 2.41. The number of nitrogens with one attached hydrogen (secondary N) is 2. The summed E-state index contributed by atoms with van der Waals surface area (Å²) >= 11 is 0. The fourth-order valence-electron chi connectivity index (χ4n) is 0.757. The van der Waals surface area contributed by atoms with Crippen LogP contribution in [0.5, 0.6) is 0 Å². The van der Waals surface area contributed by atoms with E-state index in [0.717, 1.165) is 17.1 Å². The van der Waals surface area contributed by atoms with Crippen molar-refractivity contribution in [2.75, 3.05) is 0 Å². The van der Waals surface area contributed by atoms with Crippen LogP contribution in [-0.2, 0) is 0 Å². The van der Waals surface area contributed by atoms with E-state index in [4.69, 9.17) is 5.41 Å². The van der Waals surface area contributed by atoms with E-state index in [-0.39, 0.29) is 0 Å². The molecule has 0 atom stereocenters. The second-order valence-electron chi connectivity index (χ2n) is 2.41. The van der Waals surface area contributed by atoms with Crippen LogP contribution in [0.1, 0.15) is 13.8 Å². The predicted molar refractivity (Wildman–Crippen MR) is 46.9 cm³/mol. The van der Waals surface area contributed by atoms with Crippen molar-refractivity contribution in [3.63, 3.8) is 0 Å². The van der Waals surface area contributed by atoms with Crippen molar-refractivity contribution in [1.29, 1.82) is 5.41 Å². The molecule has 0 aromatic carbocycles. The van der Waals surface area contributed by atoms with Gasteiger partial charge in [-0.05, 0) is 19.9 Å². The van der Waals surface area contributed by atoms with Crippen LogP contribution in [-0.4, -0.2) is 11.9 Å². The molecule has 3 nitrogen and oxygen atoms in total. The average molecular weight is 149 g/mol. The van der Waals surface area contributed by atoms with Gasteiger partial charge < -0.3 is 10.7 Å². The molecule has 0 spiro atoms. The monoisotopic (exact) mass is 149 g/mol. The molecule has 0 aromatic rings. The number of rotatable bonds is 1. The number of allylic oxidation sites excluding steroid dienone is 2. The van der Waals surface area contributed by atoms with Crippen LogP contribution in [0, 0.1) is 5.41 Å². The quantitative estimate of drug-likeness (QED) is 0.544. The maximum absolute atomic E-state index is 6.99. The first-order chi connectivity index (χ1) is 5.24. The van der Waals surface area contributed by atoms with Gasteiger partial charge in [-0.15, -0.1) is 0 Å². The summed E-state index contributed by atoms with van der Waals surface area (Å²) in [5, 5.41) is 9.96. The number of aliphatic imine (C=N–C) groups is 1. The van der Waals surface area contributed by atoms with Gasteiger partial charge in [0.05, 0.1) is 0 Å². The Morgan fingerprint density at radius 1 is 1.73 bits per heavy atom. The molecule has 1 rings (SSSR count). The van der Waals surface area contributed by atoms with Gasteiger partial charge in [-0.2, -0.15) is 0 Å². The second kappa shape index (κ2) is 3.14. The molecule has 0 saturated carbocycles. The smallest absolute Gasteiger partial charge is 0.134 e. The van der Waals surface area contributed by atoms with Crippen LogP contribution in [0.4, 0.5) is 0 Å². The van der Waals surface area contributed by atoms with E-state index in [1.165, 1.54) is 6.21 Å². The van der Waals surface area contributed by atoms with Gasteiger partial charge in [-0.3, -0.25) is 0 Å². The van der Waals surface area contributed by atoms with Crippen molar-refractivity contribution in [1.82, 2.24) is 5.32 Å². The maximum Gasteiger partial charge on any atom is 0.134 e. The summed E-state index contributed by atoms with van der Waals surface area (Å²) in [5.74, 6) is 0.764. The van der Waals surface area contributed by atoms with Crippen molar-refractivity contribution in [2.24, 2.45) is 4.99 Å². The van der Waals surface area contributed by atoms with Crippen molar-refractivity contribution in [3.8, 4) is 0 Å². The lowest BCUT2D eigenvalue weighted by Gasteiger charge is -2.08. The van der Waals surface area contributed by atoms with E-state index in [9.17, 15) is 0 Å². The third kappa shape index (κ3) is 1.77. The largest absolute Gasteiger partial charge is 0.346 e. The first kappa shape index (κ1) is 7.72. The lowest BCUT2D eigenvalue weighted by atomic mass is 10.3. The third-order valence-electron chi connectivity index (χ3n) is 1.42. The summed E-state index contributed by atoms with van der Waals surface area (Å²) in [6.07, 6.45) is 5.00. The van der Waals surface area contributed by atoms with E-state index in [0.29, 0.717) is 0 Å². The molecule has 2 N–H and O–H groups in total. The van der Waals surface area contributed by atoms with Crippen LogP contribution in [0.15, 0.2) is 28.7 Å². The molecular weight excluding hydrogens is 138 g/mol. The molecule has 58 valence electrons. The fraction of sp³-hybridized carbons (Fsp3) is 0.250. The van der Waals surface area contributed by atoms with Gasteiger partial charge in [0.25, 0.3) is 0 Å². The van der Waals surface area contributed by atoms with Crippen LogP contribution in [0.2, 0.25) is 0 Å². The van der Waals surface area contributed by atoms with Crippen molar-refractivity contribution >= 4 is 11.9 Å². The lowest BCUT2D eigenvalue weighted by Crippen LogP contribution is -2.12. The van der Waals surface area contributed by atoms with Gasteiger partial charge in [-0.1, -0.05) is 0 Å². The Morgan fingerprint density at radius 3 is 3.00 bits per heavy atom. The van der Waals surface area contributed by atoms with Crippen molar-refractivity contribution in [3.05, 3.63) is 23.7 Å². The van der Waals surface area contributed by atoms with E-state index >= 15 is 0 Å². The minimum Gasteiger partial charge on any atom is -0.346 e. The standard InChI is InChI=1S/C8H11N3/c1-6(5-9)8-10-4-3-7(2)11-8/h3-5,9-10H,1-2H3/b8-6+,9-5?. The predicted octanol–water partition coefficient (Wildman–Crippen LogP) is 1.45. The van der Waals surface area contributed by atoms with Crippen LogP contribution in [0.25, 0.3) is 0 Å². The lowest BCUT2D eigenvalue weighted by molar-refractivity contribution is 0.994. The summed E-state index contributed by atoms with van der Waals surface area (Å²) in [6.45, 7) is 3.78. The Bertz CT molecular complexity index is 259. The first-order valence-corrected chi connectivity index (χ1v) is 3.44. The average Bonchev–Trinajstić information content (AvgIpc) is 2.03. The molecule has 0 radical (unpaired) electrons. The van der Waals surface area contributed by atoms with E-state index in [2.05, 4.69) is 10.3 Å². The molecule has 1 aliphatic rings. The normalized spacial score (nSPS) is 20.4. The Balaban J connectivity index is 2.94. The zero-order valence-electron chi connectivity index (χ0n) is 6.68. The highest BCUT2D eigenvalue weighted by molar-refractivity contribution is 5.94. The number of nitrogens with zero attached hydrogens (tertiary/aromatic N) is 1. The van der Waals surface area contributed by atoms with Crippen LogP contribution >= 0.6 is 0 Å². The fourth-order valence-corrected chi connectivity index (χ4v) is 0.757. The zero-order chi connectivity index (χ0) is 8.27. The Kier molecular flexibility index (Phi) is 2.21. The van der Waals surface area contributed by atoms with Gasteiger partial charge in [0.2, 0.25) is 0 Å². The van der Waals surface area contributed by atoms with Gasteiger partial charge in [0.15, 0.2) is 0 Å². The molecule has 0 aliphatic carbocycles. The highest BCUT2D eigenvalue weighted by atomic mass is 15.0. The van der Waals surface area contributed by atoms with Gasteiger partial charge in [0.1, 0.15) is 5.82 Å². The third-order valence-corrected chi connectivity index (χ3v) is 1.42. The highest BCUT2D eigenvalue weighted by Gasteiger charge is 2.00. The van der Waals surface area contributed by atoms with E-state index in [1.54, 1.807) is 0 Å². The molecule has 0 unspecified atom stereocenters.